The Balaban J connectivity index is 2.53. The molecule has 0 unspecified atom stereocenters. The molecule has 132 valence electrons. The second-order valence-corrected chi connectivity index (χ2v) is 7.17. The van der Waals surface area contributed by atoms with Gasteiger partial charge in [0.05, 0.1) is 18.7 Å². The Kier molecular flexibility index (Phi) is 7.03. The number of rotatable bonds is 7. The minimum absolute atomic E-state index is 0.0172. The predicted molar refractivity (Wildman–Crippen MR) is 91.3 cm³/mol. The van der Waals surface area contributed by atoms with Crippen LogP contribution in [0, 0.1) is 5.92 Å². The fourth-order valence-corrected chi connectivity index (χ4v) is 2.47. The molecule has 6 nitrogen and oxygen atoms in total. The van der Waals surface area contributed by atoms with Gasteiger partial charge in [-0.1, -0.05) is 26.7 Å². The number of carbonyl (C=O) groups is 2. The molecule has 1 heterocycles. The zero-order valence-corrected chi connectivity index (χ0v) is 15.4. The quantitative estimate of drug-likeness (QED) is 0.721. The summed E-state index contributed by atoms with van der Waals surface area (Å²) in [4.78, 5) is 25.4. The third-order valence-electron chi connectivity index (χ3n) is 3.93. The molecule has 2 amide bonds. The monoisotopic (exact) mass is 325 g/mol. The number of hydrazone groups is 1. The highest BCUT2D eigenvalue weighted by atomic mass is 16.6. The Labute approximate surface area is 139 Å². The van der Waals surface area contributed by atoms with E-state index in [0.717, 1.165) is 19.3 Å². The van der Waals surface area contributed by atoms with Crippen LogP contribution < -0.4 is 0 Å². The molecule has 0 radical (unpaired) electrons. The molecular formula is C17H31N3O3. The van der Waals surface area contributed by atoms with Gasteiger partial charge in [-0.15, -0.1) is 0 Å². The topological polar surface area (TPSA) is 62.2 Å². The Hall–Kier alpha value is -1.59. The maximum absolute atomic E-state index is 12.0. The van der Waals surface area contributed by atoms with Crippen molar-refractivity contribution in [1.82, 2.24) is 9.91 Å². The molecule has 0 aromatic carbocycles. The van der Waals surface area contributed by atoms with E-state index in [1.54, 1.807) is 12.1 Å². The van der Waals surface area contributed by atoms with E-state index in [0.29, 0.717) is 24.7 Å². The van der Waals surface area contributed by atoms with Crippen LogP contribution in [0.1, 0.15) is 60.3 Å². The normalized spacial score (nSPS) is 15.2. The van der Waals surface area contributed by atoms with Gasteiger partial charge in [0.25, 0.3) is 0 Å². The van der Waals surface area contributed by atoms with E-state index in [1.807, 2.05) is 20.8 Å². The summed E-state index contributed by atoms with van der Waals surface area (Å²) < 4.78 is 5.30. The lowest BCUT2D eigenvalue weighted by Gasteiger charge is -2.24. The zero-order valence-electron chi connectivity index (χ0n) is 15.4. The van der Waals surface area contributed by atoms with Crippen molar-refractivity contribution >= 4 is 17.7 Å². The van der Waals surface area contributed by atoms with Gasteiger partial charge in [0.15, 0.2) is 0 Å². The predicted octanol–water partition coefficient (Wildman–Crippen LogP) is 3.27. The molecule has 0 atom stereocenters. The average molecular weight is 325 g/mol. The third kappa shape index (κ3) is 6.59. The molecule has 23 heavy (non-hydrogen) atoms. The summed E-state index contributed by atoms with van der Waals surface area (Å²) in [5, 5.41) is 5.93. The van der Waals surface area contributed by atoms with E-state index in [9.17, 15) is 9.59 Å². The lowest BCUT2D eigenvalue weighted by atomic mass is 10.00. The molecular weight excluding hydrogens is 294 g/mol. The van der Waals surface area contributed by atoms with Crippen LogP contribution in [-0.4, -0.2) is 53.4 Å². The first-order valence-corrected chi connectivity index (χ1v) is 8.47. The minimum Gasteiger partial charge on any atom is -0.444 e. The van der Waals surface area contributed by atoms with E-state index in [1.165, 1.54) is 4.90 Å². The Morgan fingerprint density at radius 3 is 2.48 bits per heavy atom. The second-order valence-electron chi connectivity index (χ2n) is 7.17. The first-order valence-electron chi connectivity index (χ1n) is 8.47. The smallest absolute Gasteiger partial charge is 0.410 e. The number of carbonyl (C=O) groups excluding carboxylic acids is 2. The highest BCUT2D eigenvalue weighted by Crippen LogP contribution is 2.17. The lowest BCUT2D eigenvalue weighted by Crippen LogP contribution is -2.37. The first-order chi connectivity index (χ1) is 10.7. The standard InChI is InChI=1S/C17H31N3O3/c1-7-13(8-2)9-10-20-15(21)11-14(18-20)12-19(6)16(22)23-17(3,4)5/h13H,7-12H2,1-6H3. The maximum Gasteiger partial charge on any atom is 0.410 e. The van der Waals surface area contributed by atoms with Gasteiger partial charge in [0.1, 0.15) is 5.60 Å². The highest BCUT2D eigenvalue weighted by molar-refractivity contribution is 6.06. The first kappa shape index (κ1) is 19.5. The van der Waals surface area contributed by atoms with Gasteiger partial charge in [-0.25, -0.2) is 9.80 Å². The summed E-state index contributed by atoms with van der Waals surface area (Å²) >= 11 is 0. The number of amides is 2. The average Bonchev–Trinajstić information content (AvgIpc) is 2.78. The van der Waals surface area contributed by atoms with Crippen LogP contribution in [0.4, 0.5) is 4.79 Å². The van der Waals surface area contributed by atoms with Gasteiger partial charge in [0.2, 0.25) is 5.91 Å². The van der Waals surface area contributed by atoms with E-state index in [-0.39, 0.29) is 12.3 Å². The van der Waals surface area contributed by atoms with Crippen LogP contribution in [0.15, 0.2) is 5.10 Å². The summed E-state index contributed by atoms with van der Waals surface area (Å²) in [6, 6.07) is 0. The van der Waals surface area contributed by atoms with Crippen molar-refractivity contribution in [1.29, 1.82) is 0 Å². The molecule has 0 fully saturated rings. The Bertz CT molecular complexity index is 450. The number of hydrogen-bond donors (Lipinski definition) is 0. The Morgan fingerprint density at radius 1 is 1.35 bits per heavy atom. The fourth-order valence-electron chi connectivity index (χ4n) is 2.47. The molecule has 1 aliphatic heterocycles. The molecule has 0 N–H and O–H groups in total. The van der Waals surface area contributed by atoms with Crippen molar-refractivity contribution in [2.24, 2.45) is 11.0 Å². The second kappa shape index (κ2) is 8.31. The molecule has 0 saturated carbocycles. The molecule has 0 saturated heterocycles. The van der Waals surface area contributed by atoms with Crippen LogP contribution in [0.5, 0.6) is 0 Å². The lowest BCUT2D eigenvalue weighted by molar-refractivity contribution is -0.128. The molecule has 1 rings (SSSR count). The zero-order chi connectivity index (χ0) is 17.6. The number of ether oxygens (including phenoxy) is 1. The van der Waals surface area contributed by atoms with Crippen molar-refractivity contribution in [3.05, 3.63) is 0 Å². The van der Waals surface area contributed by atoms with Crippen LogP contribution in [0.2, 0.25) is 0 Å². The molecule has 0 aromatic rings. The molecule has 0 bridgehead atoms. The summed E-state index contributed by atoms with van der Waals surface area (Å²) in [7, 11) is 1.66. The van der Waals surface area contributed by atoms with Gasteiger partial charge in [-0.05, 0) is 33.1 Å². The van der Waals surface area contributed by atoms with Gasteiger partial charge in [-0.2, -0.15) is 5.10 Å². The van der Waals surface area contributed by atoms with E-state index in [4.69, 9.17) is 4.74 Å². The van der Waals surface area contributed by atoms with Crippen LogP contribution in [0.3, 0.4) is 0 Å². The Morgan fingerprint density at radius 2 is 1.96 bits per heavy atom. The van der Waals surface area contributed by atoms with E-state index in [2.05, 4.69) is 18.9 Å². The molecule has 0 aromatic heterocycles. The van der Waals surface area contributed by atoms with Gasteiger partial charge >= 0.3 is 6.09 Å². The van der Waals surface area contributed by atoms with E-state index < -0.39 is 11.7 Å². The van der Waals surface area contributed by atoms with Gasteiger partial charge in [0, 0.05) is 13.6 Å². The number of nitrogens with zero attached hydrogens (tertiary/aromatic N) is 3. The fraction of sp³-hybridized carbons (Fsp3) is 0.824. The third-order valence-corrected chi connectivity index (χ3v) is 3.93. The number of hydrogen-bond acceptors (Lipinski definition) is 4. The van der Waals surface area contributed by atoms with Gasteiger partial charge < -0.3 is 9.64 Å². The maximum atomic E-state index is 12.0. The van der Waals surface area contributed by atoms with Gasteiger partial charge in [-0.3, -0.25) is 4.79 Å². The summed E-state index contributed by atoms with van der Waals surface area (Å²) in [6.07, 6.45) is 3.10. The summed E-state index contributed by atoms with van der Waals surface area (Å²) in [6.45, 7) is 10.8. The molecule has 0 spiro atoms. The van der Waals surface area contributed by atoms with Crippen LogP contribution in [0.25, 0.3) is 0 Å². The van der Waals surface area contributed by atoms with Crippen molar-refractivity contribution in [3.8, 4) is 0 Å². The highest BCUT2D eigenvalue weighted by Gasteiger charge is 2.27. The molecule has 1 aliphatic rings. The van der Waals surface area contributed by atoms with Crippen molar-refractivity contribution in [2.75, 3.05) is 20.1 Å². The van der Waals surface area contributed by atoms with Crippen LogP contribution >= 0.6 is 0 Å². The largest absolute Gasteiger partial charge is 0.444 e. The van der Waals surface area contributed by atoms with Crippen LogP contribution in [-0.2, 0) is 9.53 Å². The minimum atomic E-state index is -0.528. The molecule has 6 heteroatoms. The van der Waals surface area contributed by atoms with Crippen molar-refractivity contribution < 1.29 is 14.3 Å². The van der Waals surface area contributed by atoms with E-state index >= 15 is 0 Å². The molecule has 0 aliphatic carbocycles. The summed E-state index contributed by atoms with van der Waals surface area (Å²) in [5.41, 5.74) is 0.188. The SMILES string of the molecule is CCC(CC)CCN1N=C(CN(C)C(=O)OC(C)(C)C)CC1=O. The van der Waals surface area contributed by atoms with Crippen molar-refractivity contribution in [3.63, 3.8) is 0 Å². The summed E-state index contributed by atoms with van der Waals surface area (Å²) in [5.74, 6) is 0.648. The van der Waals surface area contributed by atoms with Crippen molar-refractivity contribution in [2.45, 2.75) is 65.9 Å².